The van der Waals surface area contributed by atoms with Crippen LogP contribution in [0.15, 0.2) is 0 Å². The summed E-state index contributed by atoms with van der Waals surface area (Å²) in [6.45, 7) is 2.39. The van der Waals surface area contributed by atoms with E-state index in [1.165, 1.54) is 0 Å². The van der Waals surface area contributed by atoms with Crippen molar-refractivity contribution in [2.45, 2.75) is 12.2 Å². The molecule has 0 amide bonds. The predicted octanol–water partition coefficient (Wildman–Crippen LogP) is 0.854. The molecule has 0 aliphatic heterocycles. The molecule has 11 heavy (non-hydrogen) atoms. The van der Waals surface area contributed by atoms with Gasteiger partial charge in [0.25, 0.3) is 0 Å². The van der Waals surface area contributed by atoms with Crippen LogP contribution >= 0.6 is 23.4 Å². The molecule has 3 nitrogen and oxygen atoms in total. The number of alkyl halides is 1. The number of rotatable bonds is 5. The first-order chi connectivity index (χ1) is 5.02. The number of thioether (sulfide) groups is 1. The topological polar surface area (TPSA) is 46.2 Å². The standard InChI is InChI=1S/C5H12ClNO2S2/c1-5(10-2)3-7-11(8,9)4-6/h5,7H,3-4H2,1-2H3. The molecular weight excluding hydrogens is 206 g/mol. The van der Waals surface area contributed by atoms with Gasteiger partial charge in [0.15, 0.2) is 0 Å². The maximum absolute atomic E-state index is 10.8. The second-order valence-corrected chi connectivity index (χ2v) is 5.79. The van der Waals surface area contributed by atoms with Crippen LogP contribution in [0.3, 0.4) is 0 Å². The van der Waals surface area contributed by atoms with E-state index < -0.39 is 10.0 Å². The van der Waals surface area contributed by atoms with Gasteiger partial charge in [0.05, 0.1) is 0 Å². The Balaban J connectivity index is 3.71. The van der Waals surface area contributed by atoms with Crippen molar-refractivity contribution in [1.82, 2.24) is 4.72 Å². The fourth-order valence-corrected chi connectivity index (χ4v) is 1.53. The fourth-order valence-electron chi connectivity index (χ4n) is 0.366. The first kappa shape index (κ1) is 11.6. The van der Waals surface area contributed by atoms with E-state index >= 15 is 0 Å². The number of hydrogen-bond donors (Lipinski definition) is 1. The molecule has 68 valence electrons. The van der Waals surface area contributed by atoms with Gasteiger partial charge in [0.2, 0.25) is 10.0 Å². The molecule has 0 heterocycles. The third-order valence-corrected chi connectivity index (χ3v) is 3.86. The van der Waals surface area contributed by atoms with Crippen molar-refractivity contribution in [2.24, 2.45) is 0 Å². The van der Waals surface area contributed by atoms with Crippen molar-refractivity contribution in [3.05, 3.63) is 0 Å². The monoisotopic (exact) mass is 217 g/mol. The summed E-state index contributed by atoms with van der Waals surface area (Å²) >= 11 is 6.77. The Labute approximate surface area is 76.9 Å². The predicted molar refractivity (Wildman–Crippen MR) is 50.6 cm³/mol. The number of halogens is 1. The molecule has 0 rings (SSSR count). The lowest BCUT2D eigenvalue weighted by atomic mass is 10.5. The van der Waals surface area contributed by atoms with Gasteiger partial charge < -0.3 is 0 Å². The van der Waals surface area contributed by atoms with Gasteiger partial charge in [-0.3, -0.25) is 0 Å². The molecule has 6 heteroatoms. The minimum atomic E-state index is -3.22. The van der Waals surface area contributed by atoms with Crippen LogP contribution in [0.2, 0.25) is 0 Å². The second kappa shape index (κ2) is 5.24. The molecule has 0 aromatic heterocycles. The highest BCUT2D eigenvalue weighted by molar-refractivity contribution is 7.99. The average Bonchev–Trinajstić information content (AvgIpc) is 2.00. The van der Waals surface area contributed by atoms with Gasteiger partial charge in [0, 0.05) is 11.8 Å². The van der Waals surface area contributed by atoms with Crippen molar-refractivity contribution < 1.29 is 8.42 Å². The maximum Gasteiger partial charge on any atom is 0.225 e. The molecule has 1 N–H and O–H groups in total. The summed E-state index contributed by atoms with van der Waals surface area (Å²) < 4.78 is 23.9. The van der Waals surface area contributed by atoms with Crippen LogP contribution in [0, 0.1) is 0 Å². The molecule has 0 aromatic rings. The lowest BCUT2D eigenvalue weighted by Crippen LogP contribution is -2.30. The Morgan fingerprint density at radius 1 is 1.64 bits per heavy atom. The molecule has 0 fully saturated rings. The van der Waals surface area contributed by atoms with E-state index in [0.29, 0.717) is 6.54 Å². The van der Waals surface area contributed by atoms with Crippen LogP contribution in [0.5, 0.6) is 0 Å². The Bertz CT molecular complexity index is 193. The maximum atomic E-state index is 10.8. The largest absolute Gasteiger partial charge is 0.225 e. The Morgan fingerprint density at radius 2 is 2.18 bits per heavy atom. The van der Waals surface area contributed by atoms with E-state index in [-0.39, 0.29) is 10.5 Å². The normalized spacial score (nSPS) is 14.8. The molecule has 0 bridgehead atoms. The van der Waals surface area contributed by atoms with Gasteiger partial charge in [-0.15, -0.1) is 11.6 Å². The van der Waals surface area contributed by atoms with E-state index in [2.05, 4.69) is 4.72 Å². The smallest absolute Gasteiger partial charge is 0.213 e. The van der Waals surface area contributed by atoms with Gasteiger partial charge in [-0.25, -0.2) is 13.1 Å². The molecule has 0 spiro atoms. The van der Waals surface area contributed by atoms with Crippen molar-refractivity contribution >= 4 is 33.4 Å². The zero-order chi connectivity index (χ0) is 8.91. The minimum absolute atomic E-state index is 0.285. The van der Waals surface area contributed by atoms with Crippen LogP contribution in [0.25, 0.3) is 0 Å². The van der Waals surface area contributed by atoms with Gasteiger partial charge in [0.1, 0.15) is 5.21 Å². The molecule has 0 aliphatic carbocycles. The summed E-state index contributed by atoms with van der Waals surface area (Å²) in [6, 6.07) is 0. The number of hydrogen-bond acceptors (Lipinski definition) is 3. The van der Waals surface area contributed by atoms with E-state index in [0.717, 1.165) is 0 Å². The molecule has 0 aliphatic rings. The van der Waals surface area contributed by atoms with Crippen molar-refractivity contribution in [1.29, 1.82) is 0 Å². The van der Waals surface area contributed by atoms with Gasteiger partial charge in [-0.2, -0.15) is 11.8 Å². The summed E-state index contributed by atoms with van der Waals surface area (Å²) in [7, 11) is -3.22. The molecule has 0 saturated carbocycles. The van der Waals surface area contributed by atoms with Gasteiger partial charge in [-0.1, -0.05) is 6.92 Å². The van der Waals surface area contributed by atoms with E-state index in [4.69, 9.17) is 11.6 Å². The lowest BCUT2D eigenvalue weighted by Gasteiger charge is -2.08. The number of sulfonamides is 1. The highest BCUT2D eigenvalue weighted by Crippen LogP contribution is 2.03. The van der Waals surface area contributed by atoms with E-state index in [1.807, 2.05) is 13.2 Å². The summed E-state index contributed by atoms with van der Waals surface area (Å²) in [5.74, 6) is 0. The zero-order valence-electron chi connectivity index (χ0n) is 6.50. The minimum Gasteiger partial charge on any atom is -0.213 e. The van der Waals surface area contributed by atoms with Gasteiger partial charge in [-0.05, 0) is 6.26 Å². The SMILES string of the molecule is CSC(C)CNS(=O)(=O)CCl. The van der Waals surface area contributed by atoms with Crippen LogP contribution in [0.4, 0.5) is 0 Å². The molecule has 0 radical (unpaired) electrons. The highest BCUT2D eigenvalue weighted by Gasteiger charge is 2.08. The second-order valence-electron chi connectivity index (χ2n) is 2.12. The summed E-state index contributed by atoms with van der Waals surface area (Å²) in [6.07, 6.45) is 1.93. The molecule has 1 atom stereocenters. The Hall–Kier alpha value is 0.550. The number of nitrogens with one attached hydrogen (secondary N) is 1. The summed E-state index contributed by atoms with van der Waals surface area (Å²) in [5, 5.41) is -0.0818. The van der Waals surface area contributed by atoms with Crippen LogP contribution in [-0.2, 0) is 10.0 Å². The third kappa shape index (κ3) is 5.78. The summed E-state index contributed by atoms with van der Waals surface area (Å²) in [4.78, 5) is 0. The molecular formula is C5H12ClNO2S2. The first-order valence-corrected chi connectivity index (χ1v) is 6.55. The quantitative estimate of drug-likeness (QED) is 0.695. The van der Waals surface area contributed by atoms with Crippen molar-refractivity contribution in [2.75, 3.05) is 18.0 Å². The molecule has 1 unspecified atom stereocenters. The fraction of sp³-hybridized carbons (Fsp3) is 1.00. The highest BCUT2D eigenvalue weighted by atomic mass is 35.5. The van der Waals surface area contributed by atoms with Crippen LogP contribution < -0.4 is 4.72 Å². The first-order valence-electron chi connectivity index (χ1n) is 3.08. The Kier molecular flexibility index (Phi) is 5.50. The van der Waals surface area contributed by atoms with E-state index in [1.54, 1.807) is 11.8 Å². The van der Waals surface area contributed by atoms with Gasteiger partial charge >= 0.3 is 0 Å². The van der Waals surface area contributed by atoms with E-state index in [9.17, 15) is 8.42 Å². The lowest BCUT2D eigenvalue weighted by molar-refractivity contribution is 0.586. The molecule has 0 aromatic carbocycles. The molecule has 0 saturated heterocycles. The summed E-state index contributed by atoms with van der Waals surface area (Å²) in [5.41, 5.74) is 0. The van der Waals surface area contributed by atoms with Crippen molar-refractivity contribution in [3.8, 4) is 0 Å². The Morgan fingerprint density at radius 3 is 2.55 bits per heavy atom. The van der Waals surface area contributed by atoms with Crippen LogP contribution in [0.1, 0.15) is 6.92 Å². The zero-order valence-corrected chi connectivity index (χ0v) is 8.89. The average molecular weight is 218 g/mol. The van der Waals surface area contributed by atoms with Crippen molar-refractivity contribution in [3.63, 3.8) is 0 Å². The van der Waals surface area contributed by atoms with Crippen LogP contribution in [-0.4, -0.2) is 31.7 Å². The third-order valence-electron chi connectivity index (χ3n) is 1.14.